The first-order valence-electron chi connectivity index (χ1n) is 22.1. The number of benzene rings is 9. The molecular weight excluding hydrogens is 811 g/mol. The van der Waals surface area contributed by atoms with Gasteiger partial charge in [-0.05, 0) is 54.6 Å². The average Bonchev–Trinajstić information content (AvgIpc) is 4.15. The lowest BCUT2D eigenvalue weighted by Gasteiger charge is -2.13. The van der Waals surface area contributed by atoms with Gasteiger partial charge in [-0.15, -0.1) is 0 Å². The van der Waals surface area contributed by atoms with E-state index in [4.69, 9.17) is 24.4 Å². The third kappa shape index (κ3) is 5.39. The zero-order valence-electron chi connectivity index (χ0n) is 35.2. The van der Waals surface area contributed by atoms with Crippen molar-refractivity contribution in [2.45, 2.75) is 0 Å². The van der Waals surface area contributed by atoms with Crippen molar-refractivity contribution in [1.29, 1.82) is 0 Å². The van der Waals surface area contributed by atoms with E-state index >= 15 is 0 Å². The number of rotatable bonds is 6. The fraction of sp³-hybridized carbons (Fsp3) is 0. The smallest absolute Gasteiger partial charge is 0.238 e. The zero-order chi connectivity index (χ0) is 43.3. The maximum Gasteiger partial charge on any atom is 0.238 e. The van der Waals surface area contributed by atoms with Gasteiger partial charge in [0.15, 0.2) is 17.2 Å². The van der Waals surface area contributed by atoms with E-state index in [1.807, 2.05) is 66.7 Å². The van der Waals surface area contributed by atoms with Crippen LogP contribution in [0, 0.1) is 0 Å². The highest BCUT2D eigenvalue weighted by molar-refractivity contribution is 6.24. The summed E-state index contributed by atoms with van der Waals surface area (Å²) in [7, 11) is 0. The molecule has 9 aromatic carbocycles. The molecule has 0 aliphatic carbocycles. The Morgan fingerprint density at radius 1 is 0.333 bits per heavy atom. The molecule has 0 fully saturated rings. The van der Waals surface area contributed by atoms with Gasteiger partial charge in [0.1, 0.15) is 5.52 Å². The van der Waals surface area contributed by atoms with Gasteiger partial charge >= 0.3 is 0 Å². The molecule has 0 spiro atoms. The molecule has 0 amide bonds. The lowest BCUT2D eigenvalue weighted by atomic mass is 10.1. The van der Waals surface area contributed by atoms with Gasteiger partial charge in [-0.25, -0.2) is 9.97 Å². The molecule has 0 N–H and O–H groups in total. The van der Waals surface area contributed by atoms with Gasteiger partial charge < -0.3 is 13.6 Å². The number of nitrogens with zero attached hydrogens (tertiary/aromatic N) is 7. The van der Waals surface area contributed by atoms with Crippen molar-refractivity contribution in [1.82, 2.24) is 33.6 Å². The summed E-state index contributed by atoms with van der Waals surface area (Å²) in [5.74, 6) is 2.27. The Hall–Kier alpha value is -9.14. The van der Waals surface area contributed by atoms with E-state index in [1.165, 1.54) is 10.8 Å². The molecule has 8 nitrogen and oxygen atoms in total. The SMILES string of the molecule is c1ccc(-c2nc(-c3ccccc3)nc(-n3c4ccccc4c4ccc5c6ccccc6n(-c6cccc7nc(-c8ccc9c%10ccccc%10n(-c%10ccccc%10)c9c8)oc67)c5c43)n2)cc1. The first kappa shape index (κ1) is 36.4. The highest BCUT2D eigenvalue weighted by Crippen LogP contribution is 2.43. The van der Waals surface area contributed by atoms with E-state index < -0.39 is 0 Å². The number of fused-ring (bicyclic) bond motifs is 11. The van der Waals surface area contributed by atoms with Gasteiger partial charge in [0.05, 0.1) is 38.8 Å². The molecule has 0 radical (unpaired) electrons. The van der Waals surface area contributed by atoms with E-state index in [-0.39, 0.29) is 0 Å². The second kappa shape index (κ2) is 14.2. The van der Waals surface area contributed by atoms with E-state index in [0.717, 1.165) is 88.2 Å². The quantitative estimate of drug-likeness (QED) is 0.167. The fourth-order valence-corrected chi connectivity index (χ4v) is 10.0. The van der Waals surface area contributed by atoms with Gasteiger partial charge in [-0.2, -0.15) is 9.97 Å². The van der Waals surface area contributed by atoms with Crippen molar-refractivity contribution in [3.63, 3.8) is 0 Å². The molecule has 8 heteroatoms. The van der Waals surface area contributed by atoms with E-state index in [2.05, 4.69) is 159 Å². The van der Waals surface area contributed by atoms with Gasteiger partial charge in [-0.3, -0.25) is 4.57 Å². The van der Waals surface area contributed by atoms with Crippen LogP contribution >= 0.6 is 0 Å². The predicted molar refractivity (Wildman–Crippen MR) is 267 cm³/mol. The summed E-state index contributed by atoms with van der Waals surface area (Å²) in [6, 6.07) is 73.7. The molecule has 0 saturated heterocycles. The van der Waals surface area contributed by atoms with Crippen molar-refractivity contribution in [3.8, 4) is 51.6 Å². The Bertz CT molecular complexity index is 4160. The maximum atomic E-state index is 7.01. The Balaban J connectivity index is 1.04. The third-order valence-electron chi connectivity index (χ3n) is 12.9. The minimum atomic E-state index is 0.529. The molecule has 0 unspecified atom stereocenters. The highest BCUT2D eigenvalue weighted by atomic mass is 16.3. The normalized spacial score (nSPS) is 11.9. The Labute approximate surface area is 376 Å². The van der Waals surface area contributed by atoms with Crippen molar-refractivity contribution < 1.29 is 4.42 Å². The number of hydrogen-bond acceptors (Lipinski definition) is 5. The Morgan fingerprint density at radius 2 is 0.833 bits per heavy atom. The number of para-hydroxylation sites is 5. The van der Waals surface area contributed by atoms with E-state index in [1.54, 1.807) is 0 Å². The van der Waals surface area contributed by atoms with Crippen LogP contribution in [0.4, 0.5) is 0 Å². The lowest BCUT2D eigenvalue weighted by molar-refractivity contribution is 0.618. The van der Waals surface area contributed by atoms with Crippen LogP contribution in [0.1, 0.15) is 0 Å². The predicted octanol–water partition coefficient (Wildman–Crippen LogP) is 14.3. The minimum Gasteiger partial charge on any atom is -0.434 e. The summed E-state index contributed by atoms with van der Waals surface area (Å²) in [4.78, 5) is 20.8. The van der Waals surface area contributed by atoms with Crippen molar-refractivity contribution in [3.05, 3.63) is 212 Å². The molecule has 308 valence electrons. The Morgan fingerprint density at radius 3 is 1.47 bits per heavy atom. The molecule has 5 aromatic heterocycles. The van der Waals surface area contributed by atoms with Crippen LogP contribution in [0.15, 0.2) is 217 Å². The minimum absolute atomic E-state index is 0.529. The van der Waals surface area contributed by atoms with Gasteiger partial charge in [0.2, 0.25) is 11.8 Å². The monoisotopic (exact) mass is 845 g/mol. The lowest BCUT2D eigenvalue weighted by Crippen LogP contribution is -2.07. The molecule has 0 bridgehead atoms. The van der Waals surface area contributed by atoms with E-state index in [9.17, 15) is 0 Å². The molecule has 0 aliphatic rings. The number of aromatic nitrogens is 7. The molecule has 5 heterocycles. The first-order chi connectivity index (χ1) is 32.7. The van der Waals surface area contributed by atoms with Crippen LogP contribution in [0.5, 0.6) is 0 Å². The van der Waals surface area contributed by atoms with Crippen molar-refractivity contribution >= 4 is 76.5 Å². The maximum absolute atomic E-state index is 7.01. The van der Waals surface area contributed by atoms with Gasteiger partial charge in [-0.1, -0.05) is 158 Å². The molecule has 0 aliphatic heterocycles. The summed E-state index contributed by atoms with van der Waals surface area (Å²) < 4.78 is 13.9. The van der Waals surface area contributed by atoms with E-state index in [0.29, 0.717) is 29.1 Å². The van der Waals surface area contributed by atoms with Crippen LogP contribution < -0.4 is 0 Å². The molecule has 14 aromatic rings. The second-order valence-electron chi connectivity index (χ2n) is 16.6. The summed E-state index contributed by atoms with van der Waals surface area (Å²) >= 11 is 0. The number of oxazole rings is 1. The summed E-state index contributed by atoms with van der Waals surface area (Å²) in [5.41, 5.74) is 12.4. The largest absolute Gasteiger partial charge is 0.434 e. The van der Waals surface area contributed by atoms with Crippen molar-refractivity contribution in [2.75, 3.05) is 0 Å². The third-order valence-corrected chi connectivity index (χ3v) is 12.9. The molecule has 14 rings (SSSR count). The van der Waals surface area contributed by atoms with Gasteiger partial charge in [0.25, 0.3) is 0 Å². The number of hydrogen-bond donors (Lipinski definition) is 0. The summed E-state index contributed by atoms with van der Waals surface area (Å²) in [5, 5.41) is 6.76. The van der Waals surface area contributed by atoms with Gasteiger partial charge in [0, 0.05) is 54.7 Å². The second-order valence-corrected chi connectivity index (χ2v) is 16.6. The molecular formula is C58H35N7O. The molecule has 66 heavy (non-hydrogen) atoms. The summed E-state index contributed by atoms with van der Waals surface area (Å²) in [6.07, 6.45) is 0. The standard InChI is InChI=1S/C58H35N7O/c1-4-17-36(18-5-1)55-60-56(37-19-6-2-7-20-37)62-58(61-55)65-49-29-15-12-25-42(49)45-34-33-44-41-24-11-14-28-48(41)64(52(44)53(45)65)50-30-16-26-46-54(50)66-57(59-46)38-31-32-43-40-23-10-13-27-47(40)63(51(43)35-38)39-21-8-3-9-22-39/h1-35H. The molecule has 0 saturated carbocycles. The van der Waals surface area contributed by atoms with Crippen molar-refractivity contribution in [2.24, 2.45) is 0 Å². The molecule has 0 atom stereocenters. The topological polar surface area (TPSA) is 79.5 Å². The first-order valence-corrected chi connectivity index (χ1v) is 22.1. The fourth-order valence-electron chi connectivity index (χ4n) is 10.0. The van der Waals surface area contributed by atoms with Crippen LogP contribution in [0.2, 0.25) is 0 Å². The van der Waals surface area contributed by atoms with Crippen LogP contribution in [0.25, 0.3) is 128 Å². The Kier molecular flexibility index (Phi) is 7.81. The zero-order valence-corrected chi connectivity index (χ0v) is 35.2. The van der Waals surface area contributed by atoms with Crippen LogP contribution in [-0.2, 0) is 0 Å². The summed E-state index contributed by atoms with van der Waals surface area (Å²) in [6.45, 7) is 0. The average molecular weight is 846 g/mol. The highest BCUT2D eigenvalue weighted by Gasteiger charge is 2.25. The van der Waals surface area contributed by atoms with Crippen LogP contribution in [0.3, 0.4) is 0 Å². The van der Waals surface area contributed by atoms with Crippen LogP contribution in [-0.4, -0.2) is 33.6 Å².